The number of aryl methyl sites for hydroxylation is 1. The Hall–Kier alpha value is -3.20. The van der Waals surface area contributed by atoms with Crippen molar-refractivity contribution < 1.29 is 32.3 Å². The summed E-state index contributed by atoms with van der Waals surface area (Å²) in [6, 6.07) is 10.3. The lowest BCUT2D eigenvalue weighted by atomic mass is 10.1. The minimum Gasteiger partial charge on any atom is -0.462 e. The molecule has 0 aliphatic heterocycles. The second kappa shape index (κ2) is 10.7. The number of carbonyl (C=O) groups excluding carboxylic acids is 3. The summed E-state index contributed by atoms with van der Waals surface area (Å²) in [7, 11) is -3.48. The Kier molecular flexibility index (Phi) is 8.32. The summed E-state index contributed by atoms with van der Waals surface area (Å²) in [4.78, 5) is 36.2. The van der Waals surface area contributed by atoms with Crippen LogP contribution in [0.1, 0.15) is 46.0 Å². The first-order valence-electron chi connectivity index (χ1n) is 9.66. The van der Waals surface area contributed by atoms with Crippen molar-refractivity contribution in [1.82, 2.24) is 0 Å². The summed E-state index contributed by atoms with van der Waals surface area (Å²) in [5.41, 5.74) is 1.38. The molecule has 8 nitrogen and oxygen atoms in total. The van der Waals surface area contributed by atoms with Gasteiger partial charge in [-0.3, -0.25) is 4.79 Å². The molecule has 0 unspecified atom stereocenters. The number of esters is 2. The Bertz CT molecular complexity index is 1060. The van der Waals surface area contributed by atoms with Crippen molar-refractivity contribution in [3.63, 3.8) is 0 Å². The summed E-state index contributed by atoms with van der Waals surface area (Å²) >= 11 is 0. The molecule has 31 heavy (non-hydrogen) atoms. The van der Waals surface area contributed by atoms with Crippen LogP contribution in [0, 0.1) is 6.92 Å². The Balaban J connectivity index is 1.92. The molecule has 1 N–H and O–H groups in total. The SMILES string of the molecule is CCCCOC(=O)c1ccc(NC(=O)COC(=O)c2cc(S(C)(=O)=O)ccc2C)cc1. The maximum Gasteiger partial charge on any atom is 0.338 e. The van der Waals surface area contributed by atoms with Crippen molar-refractivity contribution in [2.45, 2.75) is 31.6 Å². The number of sulfone groups is 1. The standard InChI is InChI=1S/C22H25NO7S/c1-4-5-12-29-21(25)16-7-9-17(10-8-16)23-20(24)14-30-22(26)19-13-18(31(3,27)28)11-6-15(19)2/h6-11,13H,4-5,12,14H2,1-3H3,(H,23,24). The number of amides is 1. The maximum atomic E-state index is 12.3. The van der Waals surface area contributed by atoms with Crippen molar-refractivity contribution in [2.75, 3.05) is 24.8 Å². The van der Waals surface area contributed by atoms with E-state index in [1.807, 2.05) is 6.92 Å². The maximum absolute atomic E-state index is 12.3. The van der Waals surface area contributed by atoms with Crippen molar-refractivity contribution >= 4 is 33.4 Å². The topological polar surface area (TPSA) is 116 Å². The molecule has 0 saturated carbocycles. The predicted octanol–water partition coefficient (Wildman–Crippen LogP) is 3.15. The van der Waals surface area contributed by atoms with Gasteiger partial charge >= 0.3 is 11.9 Å². The zero-order valence-corrected chi connectivity index (χ0v) is 18.5. The van der Waals surface area contributed by atoms with Crippen LogP contribution in [-0.2, 0) is 24.1 Å². The number of hydrogen-bond donors (Lipinski definition) is 1. The molecule has 0 aliphatic rings. The van der Waals surface area contributed by atoms with Crippen LogP contribution in [0.15, 0.2) is 47.4 Å². The Morgan fingerprint density at radius 2 is 1.65 bits per heavy atom. The lowest BCUT2D eigenvalue weighted by Gasteiger charge is -2.10. The third-order valence-electron chi connectivity index (χ3n) is 4.33. The van der Waals surface area contributed by atoms with Crippen LogP contribution in [0.25, 0.3) is 0 Å². The molecule has 1 amide bonds. The Morgan fingerprint density at radius 3 is 2.26 bits per heavy atom. The molecule has 2 aromatic carbocycles. The second-order valence-corrected chi connectivity index (χ2v) is 8.96. The minimum absolute atomic E-state index is 0.0113. The molecule has 0 spiro atoms. The molecular formula is C22H25NO7S. The summed E-state index contributed by atoms with van der Waals surface area (Å²) in [6.07, 6.45) is 2.75. The number of unbranched alkanes of at least 4 members (excludes halogenated alkanes) is 1. The number of ether oxygens (including phenoxy) is 2. The van der Waals surface area contributed by atoms with Gasteiger partial charge in [-0.05, 0) is 55.3 Å². The van der Waals surface area contributed by atoms with E-state index < -0.39 is 34.3 Å². The van der Waals surface area contributed by atoms with Crippen LogP contribution >= 0.6 is 0 Å². The Morgan fingerprint density at radius 1 is 0.968 bits per heavy atom. The van der Waals surface area contributed by atoms with Gasteiger partial charge in [-0.2, -0.15) is 0 Å². The van der Waals surface area contributed by atoms with E-state index in [9.17, 15) is 22.8 Å². The first kappa shape index (κ1) is 24.1. The molecule has 9 heteroatoms. The van der Waals surface area contributed by atoms with E-state index >= 15 is 0 Å². The van der Waals surface area contributed by atoms with Crippen LogP contribution in [0.3, 0.4) is 0 Å². The lowest BCUT2D eigenvalue weighted by molar-refractivity contribution is -0.119. The van der Waals surface area contributed by atoms with Crippen LogP contribution in [0.5, 0.6) is 0 Å². The van der Waals surface area contributed by atoms with Gasteiger partial charge in [0.1, 0.15) is 0 Å². The molecule has 0 heterocycles. The predicted molar refractivity (Wildman–Crippen MR) is 115 cm³/mol. The quantitative estimate of drug-likeness (QED) is 0.464. The first-order valence-corrected chi connectivity index (χ1v) is 11.6. The lowest BCUT2D eigenvalue weighted by Crippen LogP contribution is -2.21. The summed E-state index contributed by atoms with van der Waals surface area (Å²) in [6.45, 7) is 3.43. The highest BCUT2D eigenvalue weighted by Gasteiger charge is 2.17. The molecule has 0 radical (unpaired) electrons. The average molecular weight is 448 g/mol. The molecule has 166 valence electrons. The fourth-order valence-corrected chi connectivity index (χ4v) is 3.19. The zero-order valence-electron chi connectivity index (χ0n) is 17.6. The van der Waals surface area contributed by atoms with Crippen LogP contribution < -0.4 is 5.32 Å². The zero-order chi connectivity index (χ0) is 23.0. The molecule has 0 saturated heterocycles. The van der Waals surface area contributed by atoms with Gasteiger partial charge in [-0.25, -0.2) is 18.0 Å². The van der Waals surface area contributed by atoms with Crippen molar-refractivity contribution in [2.24, 2.45) is 0 Å². The van der Waals surface area contributed by atoms with Gasteiger partial charge in [-0.1, -0.05) is 19.4 Å². The highest BCUT2D eigenvalue weighted by atomic mass is 32.2. The normalized spacial score (nSPS) is 10.9. The van der Waals surface area contributed by atoms with Crippen LogP contribution in [0.2, 0.25) is 0 Å². The molecule has 0 fully saturated rings. The number of hydrogen-bond acceptors (Lipinski definition) is 7. The van der Waals surface area contributed by atoms with E-state index in [4.69, 9.17) is 9.47 Å². The monoisotopic (exact) mass is 447 g/mol. The second-order valence-electron chi connectivity index (χ2n) is 6.94. The summed E-state index contributed by atoms with van der Waals surface area (Å²) < 4.78 is 33.5. The summed E-state index contributed by atoms with van der Waals surface area (Å²) in [5.74, 6) is -1.82. The molecule has 0 aromatic heterocycles. The fraction of sp³-hybridized carbons (Fsp3) is 0.318. The first-order chi connectivity index (χ1) is 14.6. The molecule has 2 aromatic rings. The van der Waals surface area contributed by atoms with Crippen LogP contribution in [0.4, 0.5) is 5.69 Å². The van der Waals surface area contributed by atoms with Gasteiger partial charge in [0.2, 0.25) is 0 Å². The van der Waals surface area contributed by atoms with E-state index in [-0.39, 0.29) is 10.5 Å². The summed E-state index contributed by atoms with van der Waals surface area (Å²) in [5, 5.41) is 2.55. The number of carbonyl (C=O) groups is 3. The largest absolute Gasteiger partial charge is 0.462 e. The van der Waals surface area contributed by atoms with Gasteiger partial charge in [0.05, 0.1) is 22.6 Å². The van der Waals surface area contributed by atoms with Gasteiger partial charge in [0.25, 0.3) is 5.91 Å². The third kappa shape index (κ3) is 7.21. The van der Waals surface area contributed by atoms with Gasteiger partial charge in [0.15, 0.2) is 16.4 Å². The average Bonchev–Trinajstić information content (AvgIpc) is 2.72. The van der Waals surface area contributed by atoms with E-state index in [2.05, 4.69) is 5.32 Å². The highest BCUT2D eigenvalue weighted by molar-refractivity contribution is 7.90. The van der Waals surface area contributed by atoms with Crippen molar-refractivity contribution in [1.29, 1.82) is 0 Å². The Labute approximate surface area is 181 Å². The minimum atomic E-state index is -3.48. The van der Waals surface area contributed by atoms with Gasteiger partial charge in [-0.15, -0.1) is 0 Å². The molecule has 0 atom stereocenters. The van der Waals surface area contributed by atoms with Gasteiger partial charge in [0, 0.05) is 11.9 Å². The molecular weight excluding hydrogens is 422 g/mol. The van der Waals surface area contributed by atoms with E-state index in [1.54, 1.807) is 6.92 Å². The van der Waals surface area contributed by atoms with Crippen molar-refractivity contribution in [3.05, 3.63) is 59.2 Å². The third-order valence-corrected chi connectivity index (χ3v) is 5.44. The van der Waals surface area contributed by atoms with E-state index in [0.717, 1.165) is 19.1 Å². The van der Waals surface area contributed by atoms with Crippen molar-refractivity contribution in [3.8, 4) is 0 Å². The fourth-order valence-electron chi connectivity index (χ4n) is 2.54. The highest BCUT2D eigenvalue weighted by Crippen LogP contribution is 2.17. The van der Waals surface area contributed by atoms with E-state index in [0.29, 0.717) is 23.4 Å². The molecule has 0 aliphatic carbocycles. The van der Waals surface area contributed by atoms with Gasteiger partial charge < -0.3 is 14.8 Å². The van der Waals surface area contributed by atoms with Crippen LogP contribution in [-0.4, -0.2) is 45.7 Å². The smallest absolute Gasteiger partial charge is 0.338 e. The number of nitrogens with one attached hydrogen (secondary N) is 1. The van der Waals surface area contributed by atoms with E-state index in [1.165, 1.54) is 42.5 Å². The number of anilines is 1. The molecule has 2 rings (SSSR count). The molecule has 0 bridgehead atoms. The number of benzene rings is 2. The number of rotatable bonds is 9.